The number of thiophene rings is 1. The molecule has 26 heavy (non-hydrogen) atoms. The number of likely N-dealkylation sites (tertiary alicyclic amines) is 2. The highest BCUT2D eigenvalue weighted by Gasteiger charge is 2.58. The van der Waals surface area contributed by atoms with E-state index in [1.807, 2.05) is 11.4 Å². The molecule has 0 aromatic carbocycles. The van der Waals surface area contributed by atoms with Gasteiger partial charge in [0.25, 0.3) is 0 Å². The second-order valence-corrected chi connectivity index (χ2v) is 8.89. The minimum absolute atomic E-state index is 0.0913. The maximum absolute atomic E-state index is 12.2. The van der Waals surface area contributed by atoms with Crippen LogP contribution in [0.1, 0.15) is 35.0 Å². The Morgan fingerprint density at radius 2 is 2.08 bits per heavy atom. The molecule has 0 bridgehead atoms. The van der Waals surface area contributed by atoms with Gasteiger partial charge in [0, 0.05) is 57.9 Å². The summed E-state index contributed by atoms with van der Waals surface area (Å²) >= 11 is 1.47. The minimum atomic E-state index is -0.658. The Balaban J connectivity index is 1.44. The van der Waals surface area contributed by atoms with Gasteiger partial charge in [-0.3, -0.25) is 19.4 Å². The Morgan fingerprint density at radius 1 is 1.31 bits per heavy atom. The number of hydrogen-bond acceptors (Lipinski definition) is 6. The molecule has 0 amide bonds. The maximum atomic E-state index is 12.2. The Kier molecular flexibility index (Phi) is 4.90. The van der Waals surface area contributed by atoms with Crippen molar-refractivity contribution in [3.05, 3.63) is 21.9 Å². The van der Waals surface area contributed by atoms with Crippen molar-refractivity contribution in [2.24, 2.45) is 11.3 Å². The summed E-state index contributed by atoms with van der Waals surface area (Å²) in [5.41, 5.74) is 0.458. The van der Waals surface area contributed by atoms with E-state index in [0.717, 1.165) is 56.1 Å². The van der Waals surface area contributed by atoms with Gasteiger partial charge in [0.05, 0.1) is 10.3 Å². The Hall–Kier alpha value is -1.28. The van der Waals surface area contributed by atoms with E-state index >= 15 is 0 Å². The molecule has 6 nitrogen and oxygen atoms in total. The lowest BCUT2D eigenvalue weighted by atomic mass is 9.81. The standard InChI is InChI=1S/C19H26N2O4S/c1-13(22)17-6-14(10-26-17)7-20-8-15-9-21(16-2-4-25-5-3-16)12-19(15,11-20)18(23)24/h6,10,15-16H,2-5,7-9,11-12H2,1H3,(H,23,24)/t15-,19-/m0/s1. The smallest absolute Gasteiger partial charge is 0.312 e. The van der Waals surface area contributed by atoms with Crippen LogP contribution in [0.2, 0.25) is 0 Å². The number of rotatable bonds is 5. The second-order valence-electron chi connectivity index (χ2n) is 7.98. The highest BCUT2D eigenvalue weighted by atomic mass is 32.1. The highest BCUT2D eigenvalue weighted by molar-refractivity contribution is 7.12. The summed E-state index contributed by atoms with van der Waals surface area (Å²) in [6.45, 7) is 6.82. The molecule has 3 saturated heterocycles. The van der Waals surface area contributed by atoms with Gasteiger partial charge in [0.2, 0.25) is 0 Å². The lowest BCUT2D eigenvalue weighted by Gasteiger charge is -2.33. The molecule has 142 valence electrons. The first-order chi connectivity index (χ1) is 12.5. The number of ether oxygens (including phenoxy) is 1. The molecule has 4 heterocycles. The average Bonchev–Trinajstić information content (AvgIpc) is 3.29. The summed E-state index contributed by atoms with van der Waals surface area (Å²) in [6.07, 6.45) is 2.02. The summed E-state index contributed by atoms with van der Waals surface area (Å²) in [7, 11) is 0. The SMILES string of the molecule is CC(=O)c1cc(CN2C[C@H]3CN(C4CCOCC4)C[C@@]3(C(=O)O)C2)cs1. The van der Waals surface area contributed by atoms with Crippen LogP contribution in [0.5, 0.6) is 0 Å². The zero-order valence-corrected chi connectivity index (χ0v) is 16.0. The number of nitrogens with zero attached hydrogens (tertiary/aromatic N) is 2. The third kappa shape index (κ3) is 3.22. The number of hydrogen-bond donors (Lipinski definition) is 1. The third-order valence-corrected chi connectivity index (χ3v) is 7.33. The van der Waals surface area contributed by atoms with Gasteiger partial charge < -0.3 is 9.84 Å². The summed E-state index contributed by atoms with van der Waals surface area (Å²) in [5, 5.41) is 12.1. The molecule has 0 spiro atoms. The van der Waals surface area contributed by atoms with Crippen molar-refractivity contribution >= 4 is 23.1 Å². The fourth-order valence-corrected chi connectivity index (χ4v) is 5.67. The number of fused-ring (bicyclic) bond motifs is 1. The first-order valence-electron chi connectivity index (χ1n) is 9.34. The van der Waals surface area contributed by atoms with E-state index < -0.39 is 11.4 Å². The van der Waals surface area contributed by atoms with Gasteiger partial charge in [0.1, 0.15) is 0 Å². The van der Waals surface area contributed by atoms with Gasteiger partial charge in [-0.05, 0) is 36.8 Å². The zero-order valence-electron chi connectivity index (χ0n) is 15.1. The summed E-state index contributed by atoms with van der Waals surface area (Å²) in [4.78, 5) is 29.1. The molecule has 0 saturated carbocycles. The molecule has 0 aliphatic carbocycles. The average molecular weight is 378 g/mol. The number of carbonyl (C=O) groups excluding carboxylic acids is 1. The third-order valence-electron chi connectivity index (χ3n) is 6.25. The van der Waals surface area contributed by atoms with Crippen molar-refractivity contribution in [3.8, 4) is 0 Å². The Morgan fingerprint density at radius 3 is 2.69 bits per heavy atom. The molecule has 1 aromatic heterocycles. The normalized spacial score (nSPS) is 30.6. The lowest BCUT2D eigenvalue weighted by Crippen LogP contribution is -2.44. The van der Waals surface area contributed by atoms with Crippen LogP contribution in [-0.2, 0) is 16.1 Å². The monoisotopic (exact) mass is 378 g/mol. The van der Waals surface area contributed by atoms with E-state index in [-0.39, 0.29) is 11.7 Å². The van der Waals surface area contributed by atoms with E-state index in [2.05, 4.69) is 9.80 Å². The number of carboxylic acid groups (broad SMARTS) is 1. The minimum Gasteiger partial charge on any atom is -0.481 e. The summed E-state index contributed by atoms with van der Waals surface area (Å²) in [5.74, 6) is -0.392. The quantitative estimate of drug-likeness (QED) is 0.790. The molecule has 3 aliphatic heterocycles. The lowest BCUT2D eigenvalue weighted by molar-refractivity contribution is -0.149. The molecule has 1 aromatic rings. The fourth-order valence-electron chi connectivity index (χ4n) is 4.86. The molecule has 3 fully saturated rings. The van der Waals surface area contributed by atoms with E-state index in [4.69, 9.17) is 4.74 Å². The van der Waals surface area contributed by atoms with Crippen molar-refractivity contribution in [3.63, 3.8) is 0 Å². The first kappa shape index (κ1) is 18.1. The van der Waals surface area contributed by atoms with Crippen molar-refractivity contribution in [1.82, 2.24) is 9.80 Å². The maximum Gasteiger partial charge on any atom is 0.312 e. The summed E-state index contributed by atoms with van der Waals surface area (Å²) in [6, 6.07) is 2.41. The van der Waals surface area contributed by atoms with Crippen molar-refractivity contribution in [2.75, 3.05) is 39.4 Å². The van der Waals surface area contributed by atoms with Gasteiger partial charge in [-0.15, -0.1) is 11.3 Å². The van der Waals surface area contributed by atoms with E-state index in [0.29, 0.717) is 19.1 Å². The van der Waals surface area contributed by atoms with Gasteiger partial charge in [-0.25, -0.2) is 0 Å². The van der Waals surface area contributed by atoms with Crippen LogP contribution in [0, 0.1) is 11.3 Å². The van der Waals surface area contributed by atoms with Gasteiger partial charge in [-0.2, -0.15) is 0 Å². The van der Waals surface area contributed by atoms with Crippen molar-refractivity contribution < 1.29 is 19.4 Å². The molecule has 4 rings (SSSR count). The number of carbonyl (C=O) groups is 2. The first-order valence-corrected chi connectivity index (χ1v) is 10.2. The van der Waals surface area contributed by atoms with Crippen LogP contribution in [-0.4, -0.2) is 72.1 Å². The number of aliphatic carboxylic acids is 1. The Labute approximate surface area is 157 Å². The second kappa shape index (κ2) is 7.03. The fraction of sp³-hybridized carbons (Fsp3) is 0.684. The zero-order chi connectivity index (χ0) is 18.3. The highest BCUT2D eigenvalue weighted by Crippen LogP contribution is 2.44. The number of Topliss-reactive ketones (excluding diaryl/α,β-unsaturated/α-hetero) is 1. The van der Waals surface area contributed by atoms with E-state index in [1.165, 1.54) is 11.3 Å². The van der Waals surface area contributed by atoms with Crippen LogP contribution in [0.3, 0.4) is 0 Å². The molecule has 0 radical (unpaired) electrons. The number of carboxylic acids is 1. The summed E-state index contributed by atoms with van der Waals surface area (Å²) < 4.78 is 5.45. The molecular formula is C19H26N2O4S. The van der Waals surface area contributed by atoms with Crippen LogP contribution in [0.15, 0.2) is 11.4 Å². The number of ketones is 1. The van der Waals surface area contributed by atoms with Crippen molar-refractivity contribution in [1.29, 1.82) is 0 Å². The van der Waals surface area contributed by atoms with Gasteiger partial charge in [-0.1, -0.05) is 0 Å². The van der Waals surface area contributed by atoms with Crippen LogP contribution >= 0.6 is 11.3 Å². The molecule has 7 heteroatoms. The molecular weight excluding hydrogens is 352 g/mol. The van der Waals surface area contributed by atoms with Crippen LogP contribution < -0.4 is 0 Å². The predicted octanol–water partition coefficient (Wildman–Crippen LogP) is 1.95. The molecule has 1 N–H and O–H groups in total. The topological polar surface area (TPSA) is 70.1 Å². The molecule has 2 atom stereocenters. The van der Waals surface area contributed by atoms with Gasteiger partial charge >= 0.3 is 5.97 Å². The van der Waals surface area contributed by atoms with E-state index in [1.54, 1.807) is 6.92 Å². The van der Waals surface area contributed by atoms with E-state index in [9.17, 15) is 14.7 Å². The molecule has 3 aliphatic rings. The van der Waals surface area contributed by atoms with Crippen LogP contribution in [0.4, 0.5) is 0 Å². The predicted molar refractivity (Wildman–Crippen MR) is 98.6 cm³/mol. The largest absolute Gasteiger partial charge is 0.481 e. The molecule has 0 unspecified atom stereocenters. The van der Waals surface area contributed by atoms with Crippen molar-refractivity contribution in [2.45, 2.75) is 32.4 Å². The van der Waals surface area contributed by atoms with Gasteiger partial charge in [0.15, 0.2) is 5.78 Å². The van der Waals surface area contributed by atoms with Crippen LogP contribution in [0.25, 0.3) is 0 Å². The Bertz CT molecular complexity index is 699.